The highest BCUT2D eigenvalue weighted by atomic mass is 19.4. The van der Waals surface area contributed by atoms with Crippen LogP contribution in [0.5, 0.6) is 0 Å². The SMILES string of the molecule is NC(=O)c1ccc(C(c2ccc([N+](=O)[O-])cc2)(C(F)(F)F)C(F)(F)F)cc1. The standard InChI is InChI=1S/C16H10F6N2O3/c17-15(18,19)14(16(20,21)22,10-3-1-9(2-4-10)13(23)25)11-5-7-12(8-6-11)24(26)27/h1-8H,(H2,23,25). The van der Waals surface area contributed by atoms with Gasteiger partial charge in [0.25, 0.3) is 5.69 Å². The van der Waals surface area contributed by atoms with Crippen LogP contribution >= 0.6 is 0 Å². The molecule has 0 radical (unpaired) electrons. The van der Waals surface area contributed by atoms with Crippen molar-refractivity contribution in [2.75, 3.05) is 0 Å². The molecule has 0 heterocycles. The molecule has 0 atom stereocenters. The summed E-state index contributed by atoms with van der Waals surface area (Å²) in [5, 5.41) is 10.6. The summed E-state index contributed by atoms with van der Waals surface area (Å²) in [6.45, 7) is 0. The van der Waals surface area contributed by atoms with E-state index in [0.717, 1.165) is 12.1 Å². The molecule has 5 nitrogen and oxygen atoms in total. The fourth-order valence-corrected chi connectivity index (χ4v) is 2.70. The summed E-state index contributed by atoms with van der Waals surface area (Å²) in [4.78, 5) is 20.7. The third-order valence-electron chi connectivity index (χ3n) is 3.96. The molecule has 0 fully saturated rings. The maximum atomic E-state index is 13.8. The summed E-state index contributed by atoms with van der Waals surface area (Å²) in [5.74, 6) is -1.03. The van der Waals surface area contributed by atoms with E-state index in [1.54, 1.807) is 0 Å². The Morgan fingerprint density at radius 3 is 1.48 bits per heavy atom. The first kappa shape index (κ1) is 20.2. The summed E-state index contributed by atoms with van der Waals surface area (Å²) in [5.41, 5.74) is -2.90. The molecule has 1 amide bonds. The Morgan fingerprint density at radius 1 is 0.815 bits per heavy atom. The van der Waals surface area contributed by atoms with Gasteiger partial charge >= 0.3 is 12.4 Å². The number of amides is 1. The number of nitrogens with two attached hydrogens (primary N) is 1. The Labute approximate surface area is 147 Å². The average molecular weight is 392 g/mol. The zero-order valence-corrected chi connectivity index (χ0v) is 13.1. The number of nitrogens with zero attached hydrogens (tertiary/aromatic N) is 1. The van der Waals surface area contributed by atoms with Gasteiger partial charge in [-0.15, -0.1) is 0 Å². The summed E-state index contributed by atoms with van der Waals surface area (Å²) in [6.07, 6.45) is -11.7. The van der Waals surface area contributed by atoms with Crippen molar-refractivity contribution in [3.05, 3.63) is 75.3 Å². The lowest BCUT2D eigenvalue weighted by molar-refractivity contribution is -0.384. The van der Waals surface area contributed by atoms with Crippen molar-refractivity contribution in [3.63, 3.8) is 0 Å². The fourth-order valence-electron chi connectivity index (χ4n) is 2.70. The largest absolute Gasteiger partial charge is 0.411 e. The molecule has 27 heavy (non-hydrogen) atoms. The summed E-state index contributed by atoms with van der Waals surface area (Å²) >= 11 is 0. The molecule has 11 heteroatoms. The molecule has 0 bridgehead atoms. The molecule has 0 saturated heterocycles. The smallest absolute Gasteiger partial charge is 0.366 e. The molecular weight excluding hydrogens is 382 g/mol. The number of rotatable bonds is 4. The number of nitro benzene ring substituents is 1. The molecule has 2 aromatic rings. The predicted octanol–water partition coefficient (Wildman–Crippen LogP) is 4.10. The maximum absolute atomic E-state index is 13.8. The number of hydrogen-bond acceptors (Lipinski definition) is 3. The van der Waals surface area contributed by atoms with Crippen LogP contribution in [0, 0.1) is 10.1 Å². The van der Waals surface area contributed by atoms with Crippen molar-refractivity contribution in [1.29, 1.82) is 0 Å². The normalized spacial score (nSPS) is 12.7. The van der Waals surface area contributed by atoms with E-state index in [2.05, 4.69) is 0 Å². The quantitative estimate of drug-likeness (QED) is 0.483. The van der Waals surface area contributed by atoms with Gasteiger partial charge in [-0.2, -0.15) is 26.3 Å². The van der Waals surface area contributed by atoms with E-state index in [1.807, 2.05) is 0 Å². The number of benzene rings is 2. The summed E-state index contributed by atoms with van der Waals surface area (Å²) in [7, 11) is 0. The molecule has 0 aliphatic carbocycles. The Balaban J connectivity index is 2.82. The molecule has 2 rings (SSSR count). The topological polar surface area (TPSA) is 86.2 Å². The van der Waals surface area contributed by atoms with Gasteiger partial charge in [-0.05, 0) is 23.3 Å². The van der Waals surface area contributed by atoms with E-state index in [4.69, 9.17) is 5.73 Å². The molecule has 0 saturated carbocycles. The van der Waals surface area contributed by atoms with Gasteiger partial charge in [-0.1, -0.05) is 24.3 Å². The van der Waals surface area contributed by atoms with Crippen LogP contribution in [0.3, 0.4) is 0 Å². The Morgan fingerprint density at radius 2 is 1.19 bits per heavy atom. The van der Waals surface area contributed by atoms with Gasteiger partial charge in [0.05, 0.1) is 4.92 Å². The number of non-ortho nitro benzene ring substituents is 1. The van der Waals surface area contributed by atoms with Crippen molar-refractivity contribution < 1.29 is 36.1 Å². The third kappa shape index (κ3) is 3.32. The van der Waals surface area contributed by atoms with Gasteiger partial charge in [0, 0.05) is 17.7 Å². The minimum atomic E-state index is -5.84. The minimum absolute atomic E-state index is 0.277. The van der Waals surface area contributed by atoms with Crippen LogP contribution in [-0.4, -0.2) is 23.2 Å². The van der Waals surface area contributed by atoms with E-state index >= 15 is 0 Å². The first-order valence-corrected chi connectivity index (χ1v) is 7.11. The number of hydrogen-bond donors (Lipinski definition) is 1. The van der Waals surface area contributed by atoms with Gasteiger partial charge < -0.3 is 5.73 Å². The Hall–Kier alpha value is -3.11. The lowest BCUT2D eigenvalue weighted by Gasteiger charge is -2.38. The molecular formula is C16H10F6N2O3. The maximum Gasteiger partial charge on any atom is 0.411 e. The second-order valence-corrected chi connectivity index (χ2v) is 5.49. The molecule has 0 aliphatic rings. The first-order valence-electron chi connectivity index (χ1n) is 7.11. The predicted molar refractivity (Wildman–Crippen MR) is 80.9 cm³/mol. The second-order valence-electron chi connectivity index (χ2n) is 5.49. The molecule has 0 aromatic heterocycles. The molecule has 0 spiro atoms. The first-order chi connectivity index (χ1) is 12.3. The number of primary amides is 1. The average Bonchev–Trinajstić information content (AvgIpc) is 2.53. The fraction of sp³-hybridized carbons (Fsp3) is 0.188. The van der Waals surface area contributed by atoms with Crippen molar-refractivity contribution in [3.8, 4) is 0 Å². The van der Waals surface area contributed by atoms with Crippen LogP contribution in [0.4, 0.5) is 32.0 Å². The molecule has 144 valence electrons. The van der Waals surface area contributed by atoms with Crippen molar-refractivity contribution >= 4 is 11.6 Å². The number of nitro groups is 1. The van der Waals surface area contributed by atoms with E-state index in [1.165, 1.54) is 0 Å². The van der Waals surface area contributed by atoms with Crippen LogP contribution in [-0.2, 0) is 5.41 Å². The van der Waals surface area contributed by atoms with Crippen molar-refractivity contribution in [2.45, 2.75) is 17.8 Å². The van der Waals surface area contributed by atoms with E-state index in [0.29, 0.717) is 36.4 Å². The number of alkyl halides is 6. The summed E-state index contributed by atoms with van der Waals surface area (Å²) in [6, 6.07) is 4.41. The lowest BCUT2D eigenvalue weighted by atomic mass is 9.72. The molecule has 2 N–H and O–H groups in total. The number of carbonyl (C=O) groups is 1. The Bertz CT molecular complexity index is 784. The van der Waals surface area contributed by atoms with Gasteiger partial charge in [0.15, 0.2) is 0 Å². The van der Waals surface area contributed by atoms with Crippen molar-refractivity contribution in [1.82, 2.24) is 0 Å². The van der Waals surface area contributed by atoms with Crippen molar-refractivity contribution in [2.24, 2.45) is 5.73 Å². The summed E-state index contributed by atoms with van der Waals surface area (Å²) < 4.78 is 82.9. The highest BCUT2D eigenvalue weighted by Crippen LogP contribution is 2.56. The van der Waals surface area contributed by atoms with Gasteiger partial charge in [-0.25, -0.2) is 0 Å². The van der Waals surface area contributed by atoms with Gasteiger partial charge in [0.1, 0.15) is 0 Å². The van der Waals surface area contributed by atoms with Gasteiger partial charge in [0.2, 0.25) is 11.3 Å². The second kappa shape index (κ2) is 6.56. The number of carbonyl (C=O) groups excluding carboxylic acids is 1. The van der Waals surface area contributed by atoms with Crippen LogP contribution in [0.25, 0.3) is 0 Å². The minimum Gasteiger partial charge on any atom is -0.366 e. The third-order valence-corrected chi connectivity index (χ3v) is 3.96. The van der Waals surface area contributed by atoms with Crippen LogP contribution in [0.15, 0.2) is 48.5 Å². The Kier molecular flexibility index (Phi) is 4.91. The lowest BCUT2D eigenvalue weighted by Crippen LogP contribution is -2.54. The highest BCUT2D eigenvalue weighted by molar-refractivity contribution is 5.92. The van der Waals surface area contributed by atoms with Crippen LogP contribution < -0.4 is 5.73 Å². The molecule has 0 unspecified atom stereocenters. The van der Waals surface area contributed by atoms with E-state index in [-0.39, 0.29) is 5.56 Å². The van der Waals surface area contributed by atoms with E-state index < -0.39 is 45.4 Å². The van der Waals surface area contributed by atoms with Crippen LogP contribution in [0.2, 0.25) is 0 Å². The van der Waals surface area contributed by atoms with E-state index in [9.17, 15) is 41.3 Å². The molecule has 0 aliphatic heterocycles. The zero-order chi connectivity index (χ0) is 20.6. The number of halogens is 6. The molecule has 2 aromatic carbocycles. The monoisotopic (exact) mass is 392 g/mol. The van der Waals surface area contributed by atoms with Gasteiger partial charge in [-0.3, -0.25) is 14.9 Å². The van der Waals surface area contributed by atoms with Crippen LogP contribution in [0.1, 0.15) is 21.5 Å². The highest BCUT2D eigenvalue weighted by Gasteiger charge is 2.72. The zero-order valence-electron chi connectivity index (χ0n) is 13.1.